The van der Waals surface area contributed by atoms with Gasteiger partial charge in [-0.05, 0) is 55.4 Å². The first-order chi connectivity index (χ1) is 16.7. The van der Waals surface area contributed by atoms with Crippen molar-refractivity contribution >= 4 is 34.3 Å². The molecule has 0 atom stereocenters. The number of fused-ring (bicyclic) bond motifs is 1. The molecule has 2 aromatic heterocycles. The summed E-state index contributed by atoms with van der Waals surface area (Å²) in [5, 5.41) is 4.00. The molecule has 2 saturated heterocycles. The van der Waals surface area contributed by atoms with E-state index in [1.165, 1.54) is 44.0 Å². The van der Waals surface area contributed by atoms with Crippen molar-refractivity contribution in [2.75, 3.05) is 35.3 Å². The molecule has 2 aliphatic heterocycles. The summed E-state index contributed by atoms with van der Waals surface area (Å²) >= 11 is 0. The van der Waals surface area contributed by atoms with Gasteiger partial charge in [-0.25, -0.2) is 15.0 Å². The van der Waals surface area contributed by atoms with Gasteiger partial charge >= 0.3 is 0 Å². The number of hydrogen-bond donors (Lipinski definition) is 2. The van der Waals surface area contributed by atoms with Crippen LogP contribution in [0.2, 0.25) is 0 Å². The van der Waals surface area contributed by atoms with E-state index in [1.807, 2.05) is 18.2 Å². The molecule has 0 unspecified atom stereocenters. The molecular weight excluding hydrogens is 426 g/mol. The van der Waals surface area contributed by atoms with Gasteiger partial charge in [-0.3, -0.25) is 4.79 Å². The molecule has 8 heteroatoms. The topological polar surface area (TPSA) is 100 Å². The molecule has 1 amide bonds. The fourth-order valence-electron chi connectivity index (χ4n) is 6.14. The molecule has 0 radical (unpaired) electrons. The van der Waals surface area contributed by atoms with Crippen molar-refractivity contribution in [2.24, 2.45) is 0 Å². The van der Waals surface area contributed by atoms with E-state index in [9.17, 15) is 4.79 Å². The summed E-state index contributed by atoms with van der Waals surface area (Å²) < 4.78 is 0. The number of carbonyl (C=O) groups is 1. The highest BCUT2D eigenvalue weighted by atomic mass is 16.2. The number of nitrogens with two attached hydrogens (primary N) is 1. The second-order valence-electron chi connectivity index (χ2n) is 9.81. The van der Waals surface area contributed by atoms with E-state index >= 15 is 0 Å². The summed E-state index contributed by atoms with van der Waals surface area (Å²) in [6.07, 6.45) is 9.13. The van der Waals surface area contributed by atoms with Crippen LogP contribution < -0.4 is 20.9 Å². The number of piperidine rings is 1. The quantitative estimate of drug-likeness (QED) is 0.620. The van der Waals surface area contributed by atoms with Gasteiger partial charge in [-0.2, -0.15) is 0 Å². The Morgan fingerprint density at radius 1 is 1.03 bits per heavy atom. The maximum atomic E-state index is 13.0. The number of nitrogens with zero attached hydrogens (tertiary/aromatic N) is 5. The highest BCUT2D eigenvalue weighted by molar-refractivity contribution is 5.94. The van der Waals surface area contributed by atoms with Crippen LogP contribution >= 0.6 is 0 Å². The number of para-hydroxylation sites is 1. The number of carbonyl (C=O) groups excluding carboxylic acids is 1. The number of hydrogen-bond acceptors (Lipinski definition) is 7. The van der Waals surface area contributed by atoms with Crippen molar-refractivity contribution in [3.8, 4) is 0 Å². The van der Waals surface area contributed by atoms with Crippen molar-refractivity contribution in [1.82, 2.24) is 20.3 Å². The van der Waals surface area contributed by atoms with Gasteiger partial charge < -0.3 is 20.9 Å². The zero-order chi connectivity index (χ0) is 23.1. The van der Waals surface area contributed by atoms with E-state index in [0.29, 0.717) is 24.1 Å². The number of aromatic nitrogens is 3. The highest BCUT2D eigenvalue weighted by Gasteiger charge is 2.50. The van der Waals surface area contributed by atoms with Crippen LogP contribution in [0.15, 0.2) is 42.7 Å². The maximum absolute atomic E-state index is 13.0. The van der Waals surface area contributed by atoms with E-state index in [4.69, 9.17) is 10.7 Å². The number of benzene rings is 1. The van der Waals surface area contributed by atoms with Crippen molar-refractivity contribution < 1.29 is 4.79 Å². The Morgan fingerprint density at radius 3 is 2.56 bits per heavy atom. The summed E-state index contributed by atoms with van der Waals surface area (Å²) in [4.78, 5) is 31.2. The fourth-order valence-corrected chi connectivity index (χ4v) is 6.14. The smallest absolute Gasteiger partial charge is 0.247 e. The molecule has 3 fully saturated rings. The summed E-state index contributed by atoms with van der Waals surface area (Å²) in [5.74, 6) is 2.05. The molecule has 1 aliphatic carbocycles. The lowest BCUT2D eigenvalue weighted by molar-refractivity contribution is -0.124. The molecule has 8 nitrogen and oxygen atoms in total. The Balaban J connectivity index is 1.31. The zero-order valence-electron chi connectivity index (χ0n) is 19.4. The Morgan fingerprint density at radius 2 is 1.79 bits per heavy atom. The molecule has 176 valence electrons. The maximum Gasteiger partial charge on any atom is 0.247 e. The Kier molecular flexibility index (Phi) is 5.23. The van der Waals surface area contributed by atoms with Gasteiger partial charge in [0.15, 0.2) is 5.65 Å². The van der Waals surface area contributed by atoms with Crippen LogP contribution in [0.1, 0.15) is 56.4 Å². The van der Waals surface area contributed by atoms with Crippen LogP contribution in [0.3, 0.4) is 0 Å². The number of nitrogen functional groups attached to an aromatic ring is 1. The van der Waals surface area contributed by atoms with Crippen LogP contribution in [-0.4, -0.2) is 46.2 Å². The third kappa shape index (κ3) is 3.43. The van der Waals surface area contributed by atoms with E-state index < -0.39 is 5.54 Å². The average Bonchev–Trinajstić information content (AvgIpc) is 3.20. The van der Waals surface area contributed by atoms with Crippen LogP contribution in [0.5, 0.6) is 0 Å². The predicted octanol–water partition coefficient (Wildman–Crippen LogP) is 3.59. The predicted molar refractivity (Wildman–Crippen MR) is 134 cm³/mol. The van der Waals surface area contributed by atoms with Crippen LogP contribution in [0.4, 0.5) is 17.3 Å². The van der Waals surface area contributed by atoms with Crippen molar-refractivity contribution in [3.63, 3.8) is 0 Å². The fraction of sp³-hybridized carbons (Fsp3) is 0.462. The molecule has 6 rings (SSSR count). The second-order valence-corrected chi connectivity index (χ2v) is 9.81. The Bertz CT molecular complexity index is 1200. The molecule has 4 heterocycles. The van der Waals surface area contributed by atoms with Gasteiger partial charge in [0, 0.05) is 18.8 Å². The minimum absolute atomic E-state index is 0.130. The average molecular weight is 458 g/mol. The number of pyridine rings is 1. The van der Waals surface area contributed by atoms with E-state index in [1.54, 1.807) is 0 Å². The largest absolute Gasteiger partial charge is 0.383 e. The molecule has 3 N–H and O–H groups in total. The standard InChI is InChI=1S/C26H31N7O/c27-23-22-20(18-7-3-1-4-8-18)15-21(31-24(22)29-16-28-23)32-13-11-26(12-14-32)25(34)30-17-33(26)19-9-5-2-6-10-19/h2,5-6,9-10,15-16,18H,1,3-4,7-8,11-14,17H2,(H,30,34)(H2,27,28,29,31). The molecule has 34 heavy (non-hydrogen) atoms. The third-order valence-electron chi connectivity index (χ3n) is 8.01. The minimum atomic E-state index is -0.506. The highest BCUT2D eigenvalue weighted by Crippen LogP contribution is 2.41. The summed E-state index contributed by atoms with van der Waals surface area (Å²) in [6.45, 7) is 2.08. The molecule has 0 bridgehead atoms. The lowest BCUT2D eigenvalue weighted by Crippen LogP contribution is -2.56. The molecule has 1 aromatic carbocycles. The second kappa shape index (κ2) is 8.42. The molecule has 3 aliphatic rings. The Hall–Kier alpha value is -3.42. The van der Waals surface area contributed by atoms with Gasteiger partial charge in [-0.1, -0.05) is 37.5 Å². The van der Waals surface area contributed by atoms with Gasteiger partial charge in [0.1, 0.15) is 23.5 Å². The van der Waals surface area contributed by atoms with E-state index in [0.717, 1.165) is 42.8 Å². The minimum Gasteiger partial charge on any atom is -0.383 e. The summed E-state index contributed by atoms with van der Waals surface area (Å²) in [6, 6.07) is 12.5. The third-order valence-corrected chi connectivity index (χ3v) is 8.01. The normalized spacial score (nSPS) is 20.8. The van der Waals surface area contributed by atoms with Crippen molar-refractivity contribution in [3.05, 3.63) is 48.3 Å². The first-order valence-corrected chi connectivity index (χ1v) is 12.4. The van der Waals surface area contributed by atoms with E-state index in [2.05, 4.69) is 43.3 Å². The van der Waals surface area contributed by atoms with Crippen LogP contribution in [0.25, 0.3) is 11.0 Å². The molecule has 1 spiro atoms. The van der Waals surface area contributed by atoms with Gasteiger partial charge in [0.25, 0.3) is 0 Å². The van der Waals surface area contributed by atoms with Gasteiger partial charge in [0.2, 0.25) is 5.91 Å². The van der Waals surface area contributed by atoms with Crippen molar-refractivity contribution in [1.29, 1.82) is 0 Å². The molecule has 1 saturated carbocycles. The van der Waals surface area contributed by atoms with E-state index in [-0.39, 0.29) is 5.91 Å². The van der Waals surface area contributed by atoms with Crippen LogP contribution in [-0.2, 0) is 4.79 Å². The summed E-state index contributed by atoms with van der Waals surface area (Å²) in [5.41, 5.74) is 8.80. The van der Waals surface area contributed by atoms with Gasteiger partial charge in [-0.15, -0.1) is 0 Å². The number of rotatable bonds is 3. The van der Waals surface area contributed by atoms with Crippen molar-refractivity contribution in [2.45, 2.75) is 56.4 Å². The molecule has 3 aromatic rings. The first-order valence-electron chi connectivity index (χ1n) is 12.4. The first kappa shape index (κ1) is 21.1. The number of amides is 1. The number of anilines is 3. The zero-order valence-corrected chi connectivity index (χ0v) is 19.4. The monoisotopic (exact) mass is 457 g/mol. The SMILES string of the molecule is Nc1ncnc2nc(N3CCC4(CC3)C(=O)NCN4c3ccccc3)cc(C3CCCCC3)c12. The van der Waals surface area contributed by atoms with Gasteiger partial charge in [0.05, 0.1) is 12.1 Å². The Labute approximate surface area is 199 Å². The number of nitrogens with one attached hydrogen (secondary N) is 1. The lowest BCUT2D eigenvalue weighted by Gasteiger charge is -2.43. The summed E-state index contributed by atoms with van der Waals surface area (Å²) in [7, 11) is 0. The lowest BCUT2D eigenvalue weighted by atomic mass is 9.82. The van der Waals surface area contributed by atoms with Crippen LogP contribution in [0, 0.1) is 0 Å². The molecular formula is C26H31N7O.